The number of amides is 2. The van der Waals surface area contributed by atoms with Crippen molar-refractivity contribution in [2.75, 3.05) is 6.54 Å². The van der Waals surface area contributed by atoms with E-state index >= 15 is 0 Å². The Morgan fingerprint density at radius 1 is 1.47 bits per heavy atom. The van der Waals surface area contributed by atoms with E-state index in [1.165, 1.54) is 0 Å². The first-order chi connectivity index (χ1) is 7.22. The highest BCUT2D eigenvalue weighted by Gasteiger charge is 1.99. The van der Waals surface area contributed by atoms with Gasteiger partial charge in [0.15, 0.2) is 0 Å². The summed E-state index contributed by atoms with van der Waals surface area (Å²) < 4.78 is 0.972. The summed E-state index contributed by atoms with van der Waals surface area (Å²) in [6.07, 6.45) is 0.499. The Balaban J connectivity index is 2.36. The van der Waals surface area contributed by atoms with Crippen molar-refractivity contribution in [2.24, 2.45) is 0 Å². The fourth-order valence-corrected chi connectivity index (χ4v) is 1.49. The Bertz CT molecular complexity index is 355. The molecule has 1 rings (SSSR count). The highest BCUT2D eigenvalue weighted by atomic mass is 79.9. The largest absolute Gasteiger partial charge is 0.350 e. The van der Waals surface area contributed by atoms with Crippen LogP contribution in [0.4, 0.5) is 0 Å². The molecule has 0 radical (unpaired) electrons. The summed E-state index contributed by atoms with van der Waals surface area (Å²) in [6.45, 7) is 0.469. The van der Waals surface area contributed by atoms with Gasteiger partial charge in [-0.25, -0.2) is 0 Å². The lowest BCUT2D eigenvalue weighted by atomic mass is 10.2. The second-order valence-corrected chi connectivity index (χ2v) is 3.82. The molecule has 0 aliphatic rings. The van der Waals surface area contributed by atoms with Crippen molar-refractivity contribution in [3.8, 4) is 0 Å². The standard InChI is InChI=1S/C10H11BrN2O2/c11-9-3-1-2-8(4-9)5-13-10(15)6-12-7-14/h1-4,7H,5-6H2,(H,12,14)(H,13,15). The van der Waals surface area contributed by atoms with Gasteiger partial charge in [0.1, 0.15) is 0 Å². The molecule has 2 amide bonds. The lowest BCUT2D eigenvalue weighted by Crippen LogP contribution is -2.32. The number of nitrogens with one attached hydrogen (secondary N) is 2. The molecule has 0 heterocycles. The van der Waals surface area contributed by atoms with Crippen molar-refractivity contribution in [3.05, 3.63) is 34.3 Å². The molecule has 0 unspecified atom stereocenters. The first kappa shape index (κ1) is 11.7. The third-order valence-electron chi connectivity index (χ3n) is 1.72. The van der Waals surface area contributed by atoms with Crippen LogP contribution in [0.5, 0.6) is 0 Å². The third kappa shape index (κ3) is 4.60. The van der Waals surface area contributed by atoms with Crippen LogP contribution in [0.1, 0.15) is 5.56 Å². The first-order valence-corrected chi connectivity index (χ1v) is 5.20. The van der Waals surface area contributed by atoms with E-state index in [0.717, 1.165) is 10.0 Å². The zero-order valence-electron chi connectivity index (χ0n) is 8.00. The van der Waals surface area contributed by atoms with E-state index in [9.17, 15) is 9.59 Å². The van der Waals surface area contributed by atoms with Crippen molar-refractivity contribution in [1.82, 2.24) is 10.6 Å². The molecule has 15 heavy (non-hydrogen) atoms. The average molecular weight is 271 g/mol. The van der Waals surface area contributed by atoms with Gasteiger partial charge in [0.2, 0.25) is 12.3 Å². The number of halogens is 1. The lowest BCUT2D eigenvalue weighted by molar-refractivity contribution is -0.122. The van der Waals surface area contributed by atoms with E-state index in [0.29, 0.717) is 13.0 Å². The summed E-state index contributed by atoms with van der Waals surface area (Å²) in [5, 5.41) is 4.97. The molecule has 1 aromatic rings. The third-order valence-corrected chi connectivity index (χ3v) is 2.22. The number of hydrogen-bond acceptors (Lipinski definition) is 2. The summed E-state index contributed by atoms with van der Waals surface area (Å²) in [5.74, 6) is -0.206. The van der Waals surface area contributed by atoms with E-state index in [1.54, 1.807) is 0 Å². The molecule has 0 fully saturated rings. The zero-order chi connectivity index (χ0) is 11.1. The van der Waals surface area contributed by atoms with Crippen molar-refractivity contribution >= 4 is 28.2 Å². The normalized spacial score (nSPS) is 9.40. The van der Waals surface area contributed by atoms with Crippen LogP contribution in [0.3, 0.4) is 0 Å². The van der Waals surface area contributed by atoms with Crippen molar-refractivity contribution in [3.63, 3.8) is 0 Å². The molecule has 0 bridgehead atoms. The van der Waals surface area contributed by atoms with Crippen LogP contribution in [0.2, 0.25) is 0 Å². The Morgan fingerprint density at radius 3 is 2.93 bits per heavy atom. The van der Waals surface area contributed by atoms with Gasteiger partial charge in [-0.05, 0) is 17.7 Å². The molecule has 0 saturated heterocycles. The summed E-state index contributed by atoms with van der Waals surface area (Å²) >= 11 is 3.34. The number of rotatable bonds is 5. The average Bonchev–Trinajstić information content (AvgIpc) is 2.23. The van der Waals surface area contributed by atoms with Crippen molar-refractivity contribution in [1.29, 1.82) is 0 Å². The van der Waals surface area contributed by atoms with Gasteiger partial charge < -0.3 is 10.6 Å². The minimum absolute atomic E-state index is 0.0114. The van der Waals surface area contributed by atoms with E-state index in [2.05, 4.69) is 26.6 Å². The Kier molecular flexibility index (Phi) is 4.83. The Morgan fingerprint density at radius 2 is 2.27 bits per heavy atom. The van der Waals surface area contributed by atoms with E-state index in [-0.39, 0.29) is 12.5 Å². The second kappa shape index (κ2) is 6.19. The molecule has 80 valence electrons. The van der Waals surface area contributed by atoms with Crippen LogP contribution in [0, 0.1) is 0 Å². The maximum absolute atomic E-state index is 11.1. The van der Waals surface area contributed by atoms with Gasteiger partial charge in [-0.1, -0.05) is 28.1 Å². The molecule has 0 aromatic heterocycles. The molecule has 0 saturated carbocycles. The molecule has 2 N–H and O–H groups in total. The first-order valence-electron chi connectivity index (χ1n) is 4.40. The number of hydrogen-bond donors (Lipinski definition) is 2. The SMILES string of the molecule is O=CNCC(=O)NCc1cccc(Br)c1. The molecule has 0 atom stereocenters. The molecule has 5 heteroatoms. The van der Waals surface area contributed by atoms with Crippen LogP contribution < -0.4 is 10.6 Å². The van der Waals surface area contributed by atoms with Gasteiger partial charge in [0.25, 0.3) is 0 Å². The minimum Gasteiger partial charge on any atom is -0.350 e. The summed E-state index contributed by atoms with van der Waals surface area (Å²) in [6, 6.07) is 7.65. The van der Waals surface area contributed by atoms with E-state index in [1.807, 2.05) is 24.3 Å². The predicted molar refractivity (Wildman–Crippen MR) is 60.1 cm³/mol. The summed E-state index contributed by atoms with van der Waals surface area (Å²) in [7, 11) is 0. The van der Waals surface area contributed by atoms with Crippen LogP contribution in [0.15, 0.2) is 28.7 Å². The van der Waals surface area contributed by atoms with Crippen LogP contribution in [-0.2, 0) is 16.1 Å². The summed E-state index contributed by atoms with van der Waals surface area (Å²) in [4.78, 5) is 21.0. The van der Waals surface area contributed by atoms with Gasteiger partial charge in [-0.3, -0.25) is 9.59 Å². The van der Waals surface area contributed by atoms with Crippen molar-refractivity contribution in [2.45, 2.75) is 6.54 Å². The number of carbonyl (C=O) groups excluding carboxylic acids is 2. The number of carbonyl (C=O) groups is 2. The van der Waals surface area contributed by atoms with Crippen LogP contribution in [-0.4, -0.2) is 18.9 Å². The van der Waals surface area contributed by atoms with E-state index in [4.69, 9.17) is 0 Å². The molecule has 0 aliphatic heterocycles. The highest BCUT2D eigenvalue weighted by Crippen LogP contribution is 2.11. The number of benzene rings is 1. The molecule has 1 aromatic carbocycles. The van der Waals surface area contributed by atoms with Gasteiger partial charge >= 0.3 is 0 Å². The molecule has 0 spiro atoms. The predicted octanol–water partition coefficient (Wildman–Crippen LogP) is 0.811. The molecular weight excluding hydrogens is 260 g/mol. The van der Waals surface area contributed by atoms with Gasteiger partial charge in [0.05, 0.1) is 6.54 Å². The van der Waals surface area contributed by atoms with Gasteiger partial charge in [0, 0.05) is 11.0 Å². The fraction of sp³-hybridized carbons (Fsp3) is 0.200. The van der Waals surface area contributed by atoms with Crippen LogP contribution in [0.25, 0.3) is 0 Å². The van der Waals surface area contributed by atoms with Gasteiger partial charge in [-0.2, -0.15) is 0 Å². The van der Waals surface area contributed by atoms with Crippen molar-refractivity contribution < 1.29 is 9.59 Å². The fourth-order valence-electron chi connectivity index (χ4n) is 1.04. The topological polar surface area (TPSA) is 58.2 Å². The molecule has 4 nitrogen and oxygen atoms in total. The Hall–Kier alpha value is -1.36. The summed E-state index contributed by atoms with van der Waals surface area (Å²) in [5.41, 5.74) is 1.00. The molecular formula is C10H11BrN2O2. The second-order valence-electron chi connectivity index (χ2n) is 2.91. The Labute approximate surface area is 96.2 Å². The van der Waals surface area contributed by atoms with E-state index < -0.39 is 0 Å². The minimum atomic E-state index is -0.206. The molecule has 0 aliphatic carbocycles. The van der Waals surface area contributed by atoms with Gasteiger partial charge in [-0.15, -0.1) is 0 Å². The maximum atomic E-state index is 11.1. The van der Waals surface area contributed by atoms with Crippen LogP contribution >= 0.6 is 15.9 Å². The quantitative estimate of drug-likeness (QED) is 0.779. The smallest absolute Gasteiger partial charge is 0.239 e. The lowest BCUT2D eigenvalue weighted by Gasteiger charge is -2.04. The maximum Gasteiger partial charge on any atom is 0.239 e. The zero-order valence-corrected chi connectivity index (χ0v) is 9.58. The highest BCUT2D eigenvalue weighted by molar-refractivity contribution is 9.10. The monoisotopic (exact) mass is 270 g/mol.